The third-order valence-electron chi connectivity index (χ3n) is 3.94. The van der Waals surface area contributed by atoms with Crippen LogP contribution in [-0.4, -0.2) is 37.7 Å². The van der Waals surface area contributed by atoms with E-state index in [0.717, 1.165) is 44.5 Å². The molecule has 3 heteroatoms. The van der Waals surface area contributed by atoms with Gasteiger partial charge in [0.15, 0.2) is 0 Å². The van der Waals surface area contributed by atoms with Gasteiger partial charge in [-0.15, -0.1) is 0 Å². The van der Waals surface area contributed by atoms with Crippen molar-refractivity contribution >= 4 is 0 Å². The summed E-state index contributed by atoms with van der Waals surface area (Å²) in [7, 11) is 0. The van der Waals surface area contributed by atoms with Crippen molar-refractivity contribution in [2.75, 3.05) is 32.8 Å². The molecule has 3 nitrogen and oxygen atoms in total. The topological polar surface area (TPSA) is 24.5 Å². The number of nitrogens with zero attached hydrogens (tertiary/aromatic N) is 1. The van der Waals surface area contributed by atoms with Gasteiger partial charge in [-0.3, -0.25) is 4.90 Å². The van der Waals surface area contributed by atoms with Crippen LogP contribution in [0.5, 0.6) is 5.75 Å². The SMILES string of the molecule is c1cc(OCC2CC2)ccc1CN1CCCNCC1. The van der Waals surface area contributed by atoms with Crippen LogP contribution >= 0.6 is 0 Å². The summed E-state index contributed by atoms with van der Waals surface area (Å²) in [5.74, 6) is 1.84. The van der Waals surface area contributed by atoms with Crippen molar-refractivity contribution in [2.24, 2.45) is 5.92 Å². The Labute approximate surface area is 115 Å². The van der Waals surface area contributed by atoms with E-state index in [9.17, 15) is 0 Å². The molecule has 1 aromatic carbocycles. The van der Waals surface area contributed by atoms with E-state index >= 15 is 0 Å². The largest absolute Gasteiger partial charge is 0.493 e. The Morgan fingerprint density at radius 3 is 2.74 bits per heavy atom. The van der Waals surface area contributed by atoms with E-state index in [0.29, 0.717) is 0 Å². The van der Waals surface area contributed by atoms with Crippen LogP contribution in [0.1, 0.15) is 24.8 Å². The summed E-state index contributed by atoms with van der Waals surface area (Å²) >= 11 is 0. The highest BCUT2D eigenvalue weighted by atomic mass is 16.5. The zero-order valence-corrected chi connectivity index (χ0v) is 11.6. The van der Waals surface area contributed by atoms with E-state index in [1.54, 1.807) is 0 Å². The van der Waals surface area contributed by atoms with Gasteiger partial charge < -0.3 is 10.1 Å². The zero-order valence-electron chi connectivity index (χ0n) is 11.6. The van der Waals surface area contributed by atoms with Gasteiger partial charge in [0, 0.05) is 19.6 Å². The number of hydrogen-bond acceptors (Lipinski definition) is 3. The smallest absolute Gasteiger partial charge is 0.119 e. The summed E-state index contributed by atoms with van der Waals surface area (Å²) < 4.78 is 5.77. The maximum Gasteiger partial charge on any atom is 0.119 e. The molecule has 0 aromatic heterocycles. The molecule has 0 bridgehead atoms. The van der Waals surface area contributed by atoms with Crippen molar-refractivity contribution in [1.29, 1.82) is 0 Å². The fourth-order valence-corrected chi connectivity index (χ4v) is 2.51. The second-order valence-electron chi connectivity index (χ2n) is 5.78. The van der Waals surface area contributed by atoms with Gasteiger partial charge >= 0.3 is 0 Å². The zero-order chi connectivity index (χ0) is 12.9. The van der Waals surface area contributed by atoms with Crippen molar-refractivity contribution < 1.29 is 4.74 Å². The second kappa shape index (κ2) is 6.40. The van der Waals surface area contributed by atoms with Gasteiger partial charge in [-0.2, -0.15) is 0 Å². The maximum atomic E-state index is 5.77. The Morgan fingerprint density at radius 1 is 1.11 bits per heavy atom. The first-order chi connectivity index (χ1) is 9.40. The predicted molar refractivity (Wildman–Crippen MR) is 77.4 cm³/mol. The lowest BCUT2D eigenvalue weighted by Crippen LogP contribution is -2.27. The number of rotatable bonds is 5. The molecule has 2 fully saturated rings. The van der Waals surface area contributed by atoms with Crippen molar-refractivity contribution in [2.45, 2.75) is 25.8 Å². The van der Waals surface area contributed by atoms with Gasteiger partial charge in [0.2, 0.25) is 0 Å². The molecule has 1 N–H and O–H groups in total. The lowest BCUT2D eigenvalue weighted by molar-refractivity contribution is 0.283. The summed E-state index contributed by atoms with van der Waals surface area (Å²) in [6, 6.07) is 8.66. The van der Waals surface area contributed by atoms with Crippen LogP contribution in [0, 0.1) is 5.92 Å². The number of ether oxygens (including phenoxy) is 1. The molecule has 0 unspecified atom stereocenters. The fraction of sp³-hybridized carbons (Fsp3) is 0.625. The molecule has 1 aliphatic carbocycles. The van der Waals surface area contributed by atoms with Gasteiger partial charge in [0.1, 0.15) is 5.75 Å². The van der Waals surface area contributed by atoms with E-state index in [2.05, 4.69) is 34.5 Å². The molecule has 0 atom stereocenters. The third kappa shape index (κ3) is 4.22. The standard InChI is InChI=1S/C16H24N2O/c1-8-17-9-11-18(10-1)12-14-4-6-16(7-5-14)19-13-15-2-3-15/h4-7,15,17H,1-3,8-13H2. The Balaban J connectivity index is 1.49. The molecule has 19 heavy (non-hydrogen) atoms. The molecule has 1 heterocycles. The molecule has 1 saturated carbocycles. The van der Waals surface area contributed by atoms with Gasteiger partial charge in [-0.05, 0) is 56.0 Å². The highest BCUT2D eigenvalue weighted by molar-refractivity contribution is 5.27. The maximum absolute atomic E-state index is 5.77. The third-order valence-corrected chi connectivity index (χ3v) is 3.94. The summed E-state index contributed by atoms with van der Waals surface area (Å²) in [4.78, 5) is 2.53. The van der Waals surface area contributed by atoms with Gasteiger partial charge in [0.05, 0.1) is 6.61 Å². The highest BCUT2D eigenvalue weighted by Gasteiger charge is 2.21. The summed E-state index contributed by atoms with van der Waals surface area (Å²) in [6.07, 6.45) is 3.95. The predicted octanol–water partition coefficient (Wildman–Crippen LogP) is 2.27. The molecule has 3 rings (SSSR count). The number of nitrogens with one attached hydrogen (secondary N) is 1. The van der Waals surface area contributed by atoms with E-state index in [1.165, 1.54) is 31.4 Å². The van der Waals surface area contributed by atoms with Crippen LogP contribution in [0.2, 0.25) is 0 Å². The van der Waals surface area contributed by atoms with Gasteiger partial charge in [0.25, 0.3) is 0 Å². The molecular formula is C16H24N2O. The number of hydrogen-bond donors (Lipinski definition) is 1. The average Bonchev–Trinajstić information content (AvgIpc) is 3.26. The van der Waals surface area contributed by atoms with Gasteiger partial charge in [-0.1, -0.05) is 12.1 Å². The van der Waals surface area contributed by atoms with E-state index in [4.69, 9.17) is 4.74 Å². The lowest BCUT2D eigenvalue weighted by Gasteiger charge is -2.19. The molecule has 1 saturated heterocycles. The molecule has 2 aliphatic rings. The van der Waals surface area contributed by atoms with Crippen LogP contribution in [0.25, 0.3) is 0 Å². The van der Waals surface area contributed by atoms with Crippen LogP contribution in [0.3, 0.4) is 0 Å². The summed E-state index contributed by atoms with van der Waals surface area (Å²) in [6.45, 7) is 6.58. The van der Waals surface area contributed by atoms with Crippen molar-refractivity contribution in [3.05, 3.63) is 29.8 Å². The van der Waals surface area contributed by atoms with Crippen molar-refractivity contribution in [3.8, 4) is 5.75 Å². The first-order valence-electron chi connectivity index (χ1n) is 7.55. The molecular weight excluding hydrogens is 236 g/mol. The van der Waals surface area contributed by atoms with Crippen LogP contribution in [0.15, 0.2) is 24.3 Å². The Morgan fingerprint density at radius 2 is 1.95 bits per heavy atom. The van der Waals surface area contributed by atoms with Crippen molar-refractivity contribution in [1.82, 2.24) is 10.2 Å². The van der Waals surface area contributed by atoms with E-state index in [-0.39, 0.29) is 0 Å². The molecule has 1 aliphatic heterocycles. The summed E-state index contributed by atoms with van der Waals surface area (Å²) in [5, 5.41) is 3.44. The number of benzene rings is 1. The van der Waals surface area contributed by atoms with Crippen LogP contribution in [0.4, 0.5) is 0 Å². The lowest BCUT2D eigenvalue weighted by atomic mass is 10.2. The van der Waals surface area contributed by atoms with Crippen molar-refractivity contribution in [3.63, 3.8) is 0 Å². The minimum atomic E-state index is 0.823. The minimum Gasteiger partial charge on any atom is -0.493 e. The Hall–Kier alpha value is -1.06. The minimum absolute atomic E-state index is 0.823. The molecule has 104 valence electrons. The van der Waals surface area contributed by atoms with Crippen LogP contribution < -0.4 is 10.1 Å². The van der Waals surface area contributed by atoms with Crippen LogP contribution in [-0.2, 0) is 6.54 Å². The molecule has 0 spiro atoms. The monoisotopic (exact) mass is 260 g/mol. The van der Waals surface area contributed by atoms with E-state index in [1.807, 2.05) is 0 Å². The molecule has 0 radical (unpaired) electrons. The highest BCUT2D eigenvalue weighted by Crippen LogP contribution is 2.29. The average molecular weight is 260 g/mol. The normalized spacial score (nSPS) is 21.1. The quantitative estimate of drug-likeness (QED) is 0.879. The van der Waals surface area contributed by atoms with Gasteiger partial charge in [-0.25, -0.2) is 0 Å². The summed E-state index contributed by atoms with van der Waals surface area (Å²) in [5.41, 5.74) is 1.39. The Kier molecular flexibility index (Phi) is 4.36. The van der Waals surface area contributed by atoms with E-state index < -0.39 is 0 Å². The Bertz CT molecular complexity index is 378. The first kappa shape index (κ1) is 12.9. The molecule has 0 amide bonds. The second-order valence-corrected chi connectivity index (χ2v) is 5.78. The first-order valence-corrected chi connectivity index (χ1v) is 7.55. The fourth-order valence-electron chi connectivity index (χ4n) is 2.51. The molecule has 1 aromatic rings.